The maximum Gasteiger partial charge on any atom is 0.162 e. The average molecular weight is 197 g/mol. The van der Waals surface area contributed by atoms with Gasteiger partial charge in [0, 0.05) is 17.9 Å². The molecule has 0 aliphatic carbocycles. The zero-order valence-electron chi connectivity index (χ0n) is 7.50. The smallest absolute Gasteiger partial charge is 0.162 e. The number of halogens is 1. The highest BCUT2D eigenvalue weighted by Crippen LogP contribution is 2.06. The molecule has 13 heavy (non-hydrogen) atoms. The van der Waals surface area contributed by atoms with Crippen LogP contribution in [0.5, 0.6) is 0 Å². The molecule has 0 bridgehead atoms. The second kappa shape index (κ2) is 5.76. The standard InChI is InChI=1S/C11H13ClO/c12-9-5-4-8-11(13)10-6-2-1-3-7-10/h1-3,6-7H,4-5,8-9H2. The van der Waals surface area contributed by atoms with Gasteiger partial charge in [0.15, 0.2) is 5.78 Å². The Morgan fingerprint density at radius 1 is 1.15 bits per heavy atom. The third kappa shape index (κ3) is 3.60. The molecule has 0 aliphatic rings. The van der Waals surface area contributed by atoms with E-state index >= 15 is 0 Å². The summed E-state index contributed by atoms with van der Waals surface area (Å²) in [7, 11) is 0. The molecular weight excluding hydrogens is 184 g/mol. The van der Waals surface area contributed by atoms with E-state index in [-0.39, 0.29) is 5.78 Å². The van der Waals surface area contributed by atoms with Crippen LogP contribution in [-0.2, 0) is 0 Å². The molecule has 0 amide bonds. The van der Waals surface area contributed by atoms with Gasteiger partial charge < -0.3 is 0 Å². The average Bonchev–Trinajstić information content (AvgIpc) is 2.19. The minimum atomic E-state index is 0.214. The fourth-order valence-corrected chi connectivity index (χ4v) is 1.34. The molecule has 1 rings (SSSR count). The molecule has 0 saturated carbocycles. The molecule has 0 saturated heterocycles. The van der Waals surface area contributed by atoms with Gasteiger partial charge >= 0.3 is 0 Å². The van der Waals surface area contributed by atoms with Gasteiger partial charge in [0.05, 0.1) is 0 Å². The number of Topliss-reactive ketones (excluding diaryl/α,β-unsaturated/α-hetero) is 1. The van der Waals surface area contributed by atoms with Gasteiger partial charge in [0.25, 0.3) is 0 Å². The summed E-state index contributed by atoms with van der Waals surface area (Å²) in [5.41, 5.74) is 0.803. The summed E-state index contributed by atoms with van der Waals surface area (Å²) in [6, 6.07) is 9.38. The first kappa shape index (κ1) is 10.3. The van der Waals surface area contributed by atoms with Crippen molar-refractivity contribution in [2.75, 3.05) is 5.88 Å². The third-order valence-corrected chi connectivity index (χ3v) is 2.15. The van der Waals surface area contributed by atoms with Crippen molar-refractivity contribution in [3.05, 3.63) is 35.9 Å². The summed E-state index contributed by atoms with van der Waals surface area (Å²) in [4.78, 5) is 11.5. The maximum absolute atomic E-state index is 11.5. The minimum Gasteiger partial charge on any atom is -0.294 e. The Kier molecular flexibility index (Phi) is 4.55. The maximum atomic E-state index is 11.5. The van der Waals surface area contributed by atoms with E-state index < -0.39 is 0 Å². The molecule has 0 unspecified atom stereocenters. The molecule has 0 atom stereocenters. The van der Waals surface area contributed by atoms with Gasteiger partial charge in [0.1, 0.15) is 0 Å². The summed E-state index contributed by atoms with van der Waals surface area (Å²) in [6.45, 7) is 0. The quantitative estimate of drug-likeness (QED) is 0.401. The van der Waals surface area contributed by atoms with Crippen LogP contribution >= 0.6 is 11.6 Å². The lowest BCUT2D eigenvalue weighted by molar-refractivity contribution is 0.0980. The number of alkyl halides is 1. The van der Waals surface area contributed by atoms with Crippen molar-refractivity contribution in [3.8, 4) is 0 Å². The van der Waals surface area contributed by atoms with E-state index in [9.17, 15) is 4.79 Å². The Morgan fingerprint density at radius 3 is 2.46 bits per heavy atom. The first-order valence-electron chi connectivity index (χ1n) is 4.49. The van der Waals surface area contributed by atoms with E-state index in [4.69, 9.17) is 11.6 Å². The Bertz CT molecular complexity index is 256. The number of carbonyl (C=O) groups is 1. The van der Waals surface area contributed by atoms with E-state index in [0.717, 1.165) is 18.4 Å². The van der Waals surface area contributed by atoms with Crippen molar-refractivity contribution in [3.63, 3.8) is 0 Å². The number of ketones is 1. The lowest BCUT2D eigenvalue weighted by Crippen LogP contribution is -1.98. The second-order valence-electron chi connectivity index (χ2n) is 2.94. The number of unbranched alkanes of at least 4 members (excludes halogenated alkanes) is 1. The lowest BCUT2D eigenvalue weighted by atomic mass is 10.1. The fourth-order valence-electron chi connectivity index (χ4n) is 1.15. The van der Waals surface area contributed by atoms with Crippen molar-refractivity contribution in [1.29, 1.82) is 0 Å². The number of carbonyl (C=O) groups excluding carboxylic acids is 1. The SMILES string of the molecule is O=C(CCCCCl)c1ccccc1. The van der Waals surface area contributed by atoms with Gasteiger partial charge in [-0.25, -0.2) is 0 Å². The zero-order valence-corrected chi connectivity index (χ0v) is 8.26. The van der Waals surface area contributed by atoms with Crippen molar-refractivity contribution in [2.24, 2.45) is 0 Å². The summed E-state index contributed by atoms with van der Waals surface area (Å²) in [5.74, 6) is 0.855. The highest BCUT2D eigenvalue weighted by atomic mass is 35.5. The topological polar surface area (TPSA) is 17.1 Å². The van der Waals surface area contributed by atoms with Gasteiger partial charge in [-0.05, 0) is 12.8 Å². The molecule has 1 aromatic rings. The molecular formula is C11H13ClO. The number of rotatable bonds is 5. The van der Waals surface area contributed by atoms with Crippen LogP contribution in [0.1, 0.15) is 29.6 Å². The van der Waals surface area contributed by atoms with Gasteiger partial charge in [-0.3, -0.25) is 4.79 Å². The largest absolute Gasteiger partial charge is 0.294 e. The highest BCUT2D eigenvalue weighted by molar-refractivity contribution is 6.17. The normalized spacial score (nSPS) is 9.92. The van der Waals surface area contributed by atoms with Crippen molar-refractivity contribution in [2.45, 2.75) is 19.3 Å². The van der Waals surface area contributed by atoms with E-state index in [2.05, 4.69) is 0 Å². The molecule has 70 valence electrons. The molecule has 2 heteroatoms. The van der Waals surface area contributed by atoms with E-state index in [0.29, 0.717) is 12.3 Å². The summed E-state index contributed by atoms with van der Waals surface area (Å²) < 4.78 is 0. The summed E-state index contributed by atoms with van der Waals surface area (Å²) in [6.07, 6.45) is 2.41. The van der Waals surface area contributed by atoms with Crippen LogP contribution in [0.15, 0.2) is 30.3 Å². The Balaban J connectivity index is 2.40. The molecule has 1 nitrogen and oxygen atoms in total. The number of hydrogen-bond donors (Lipinski definition) is 0. The van der Waals surface area contributed by atoms with Crippen molar-refractivity contribution in [1.82, 2.24) is 0 Å². The van der Waals surface area contributed by atoms with Crippen LogP contribution in [0, 0.1) is 0 Å². The predicted octanol–water partition coefficient (Wildman–Crippen LogP) is 3.28. The zero-order chi connectivity index (χ0) is 9.52. The van der Waals surface area contributed by atoms with Crippen LogP contribution in [0.25, 0.3) is 0 Å². The molecule has 0 fully saturated rings. The third-order valence-electron chi connectivity index (χ3n) is 1.88. The lowest BCUT2D eigenvalue weighted by Gasteiger charge is -1.98. The molecule has 0 N–H and O–H groups in total. The molecule has 0 aromatic heterocycles. The molecule has 0 aliphatic heterocycles. The monoisotopic (exact) mass is 196 g/mol. The molecule has 0 heterocycles. The first-order chi connectivity index (χ1) is 6.34. The van der Waals surface area contributed by atoms with Gasteiger partial charge in [-0.1, -0.05) is 30.3 Å². The van der Waals surface area contributed by atoms with Crippen molar-refractivity contribution >= 4 is 17.4 Å². The van der Waals surface area contributed by atoms with Gasteiger partial charge in [0.2, 0.25) is 0 Å². The van der Waals surface area contributed by atoms with Crippen LogP contribution in [0.4, 0.5) is 0 Å². The van der Waals surface area contributed by atoms with Gasteiger partial charge in [-0.2, -0.15) is 0 Å². The molecule has 1 aromatic carbocycles. The minimum absolute atomic E-state index is 0.214. The number of hydrogen-bond acceptors (Lipinski definition) is 1. The van der Waals surface area contributed by atoms with Crippen LogP contribution < -0.4 is 0 Å². The first-order valence-corrected chi connectivity index (χ1v) is 5.02. The number of benzene rings is 1. The van der Waals surface area contributed by atoms with Crippen LogP contribution in [0.2, 0.25) is 0 Å². The predicted molar refractivity (Wildman–Crippen MR) is 55.3 cm³/mol. The summed E-state index contributed by atoms with van der Waals surface area (Å²) in [5, 5.41) is 0. The van der Waals surface area contributed by atoms with Gasteiger partial charge in [-0.15, -0.1) is 11.6 Å². The second-order valence-corrected chi connectivity index (χ2v) is 3.31. The summed E-state index contributed by atoms with van der Waals surface area (Å²) >= 11 is 5.52. The highest BCUT2D eigenvalue weighted by Gasteiger charge is 2.03. The van der Waals surface area contributed by atoms with Crippen LogP contribution in [0.3, 0.4) is 0 Å². The Labute approximate surface area is 83.7 Å². The Morgan fingerprint density at radius 2 is 1.85 bits per heavy atom. The van der Waals surface area contributed by atoms with Crippen LogP contribution in [-0.4, -0.2) is 11.7 Å². The Hall–Kier alpha value is -0.820. The molecule has 0 radical (unpaired) electrons. The van der Waals surface area contributed by atoms with E-state index in [1.807, 2.05) is 30.3 Å². The van der Waals surface area contributed by atoms with Crippen molar-refractivity contribution < 1.29 is 4.79 Å². The molecule has 0 spiro atoms. The van der Waals surface area contributed by atoms with E-state index in [1.54, 1.807) is 0 Å². The van der Waals surface area contributed by atoms with E-state index in [1.165, 1.54) is 0 Å². The fraction of sp³-hybridized carbons (Fsp3) is 0.364.